The lowest BCUT2D eigenvalue weighted by Crippen LogP contribution is -2.29. The van der Waals surface area contributed by atoms with Crippen molar-refractivity contribution >= 4 is 0 Å². The molecule has 62 valence electrons. The van der Waals surface area contributed by atoms with Crippen LogP contribution in [0.5, 0.6) is 0 Å². The van der Waals surface area contributed by atoms with E-state index in [1.165, 1.54) is 12.8 Å². The average Bonchev–Trinajstić information content (AvgIpc) is 1.90. The Morgan fingerprint density at radius 2 is 1.30 bits per heavy atom. The van der Waals surface area contributed by atoms with Crippen LogP contribution in [0, 0.1) is 17.8 Å². The van der Waals surface area contributed by atoms with Crippen molar-refractivity contribution in [3.05, 3.63) is 0 Å². The van der Waals surface area contributed by atoms with Crippen molar-refractivity contribution in [1.29, 1.82) is 0 Å². The highest BCUT2D eigenvalue weighted by Gasteiger charge is 2.29. The molecule has 0 N–H and O–H groups in total. The van der Waals surface area contributed by atoms with Crippen molar-refractivity contribution in [2.24, 2.45) is 17.8 Å². The van der Waals surface area contributed by atoms with E-state index in [0.717, 1.165) is 17.8 Å². The van der Waals surface area contributed by atoms with Crippen LogP contribution in [-0.2, 0) is 0 Å². The quantitative estimate of drug-likeness (QED) is 0.483. The Balaban J connectivity index is 0.000000236. The summed E-state index contributed by atoms with van der Waals surface area (Å²) >= 11 is 0. The Labute approximate surface area is 66.0 Å². The van der Waals surface area contributed by atoms with E-state index in [4.69, 9.17) is 0 Å². The SMILES string of the molecule is CC1CC(C)C1C.CCC. The van der Waals surface area contributed by atoms with Crippen molar-refractivity contribution in [2.75, 3.05) is 0 Å². The third-order valence-electron chi connectivity index (χ3n) is 2.54. The highest BCUT2D eigenvalue weighted by molar-refractivity contribution is 4.79. The normalized spacial score (nSPS) is 37.5. The lowest BCUT2D eigenvalue weighted by molar-refractivity contribution is 0.120. The van der Waals surface area contributed by atoms with Crippen molar-refractivity contribution in [1.82, 2.24) is 0 Å². The number of rotatable bonds is 0. The molecular weight excluding hydrogens is 120 g/mol. The van der Waals surface area contributed by atoms with Gasteiger partial charge in [0.05, 0.1) is 0 Å². The van der Waals surface area contributed by atoms with Gasteiger partial charge in [-0.25, -0.2) is 0 Å². The van der Waals surface area contributed by atoms with E-state index in [2.05, 4.69) is 34.6 Å². The Kier molecular flexibility index (Phi) is 4.76. The third kappa shape index (κ3) is 2.72. The highest BCUT2D eigenvalue weighted by Crippen LogP contribution is 2.38. The molecule has 0 saturated heterocycles. The van der Waals surface area contributed by atoms with Gasteiger partial charge in [0.2, 0.25) is 0 Å². The fourth-order valence-electron chi connectivity index (χ4n) is 1.38. The zero-order chi connectivity index (χ0) is 8.15. The van der Waals surface area contributed by atoms with E-state index in [1.807, 2.05) is 0 Å². The van der Waals surface area contributed by atoms with Gasteiger partial charge in [-0.3, -0.25) is 0 Å². The van der Waals surface area contributed by atoms with Crippen molar-refractivity contribution in [2.45, 2.75) is 47.5 Å². The van der Waals surface area contributed by atoms with E-state index in [0.29, 0.717) is 0 Å². The molecule has 1 aliphatic carbocycles. The van der Waals surface area contributed by atoms with Gasteiger partial charge in [-0.15, -0.1) is 0 Å². The molecule has 0 aromatic carbocycles. The minimum Gasteiger partial charge on any atom is -0.0656 e. The zero-order valence-electron chi connectivity index (χ0n) is 8.15. The first-order chi connectivity index (χ1) is 4.63. The summed E-state index contributed by atoms with van der Waals surface area (Å²) in [6.07, 6.45) is 2.71. The second kappa shape index (κ2) is 4.76. The van der Waals surface area contributed by atoms with Crippen LogP contribution in [-0.4, -0.2) is 0 Å². The molecule has 0 spiro atoms. The third-order valence-corrected chi connectivity index (χ3v) is 2.54. The molecule has 1 fully saturated rings. The molecule has 0 nitrogen and oxygen atoms in total. The molecule has 0 heterocycles. The summed E-state index contributed by atoms with van der Waals surface area (Å²) in [5.74, 6) is 3.02. The fourth-order valence-corrected chi connectivity index (χ4v) is 1.38. The van der Waals surface area contributed by atoms with Crippen LogP contribution in [0.15, 0.2) is 0 Å². The van der Waals surface area contributed by atoms with E-state index in [-0.39, 0.29) is 0 Å². The van der Waals surface area contributed by atoms with Gasteiger partial charge in [-0.1, -0.05) is 41.0 Å². The van der Waals surface area contributed by atoms with Crippen LogP contribution in [0.2, 0.25) is 0 Å². The summed E-state index contributed by atoms with van der Waals surface area (Å²) in [7, 11) is 0. The standard InChI is InChI=1S/C7H14.C3H8/c1-5-4-6(2)7(5)3;1-3-2/h5-7H,4H2,1-3H3;3H2,1-2H3. The van der Waals surface area contributed by atoms with Crippen LogP contribution >= 0.6 is 0 Å². The maximum absolute atomic E-state index is 2.35. The fraction of sp³-hybridized carbons (Fsp3) is 1.00. The number of hydrogen-bond acceptors (Lipinski definition) is 0. The molecule has 1 rings (SSSR count). The summed E-state index contributed by atoms with van der Waals surface area (Å²) in [6.45, 7) is 11.3. The van der Waals surface area contributed by atoms with Crippen LogP contribution in [0.25, 0.3) is 0 Å². The molecule has 0 aromatic heterocycles. The molecule has 10 heavy (non-hydrogen) atoms. The molecule has 2 unspecified atom stereocenters. The van der Waals surface area contributed by atoms with Gasteiger partial charge >= 0.3 is 0 Å². The summed E-state index contributed by atoms with van der Waals surface area (Å²) in [5.41, 5.74) is 0. The second-order valence-corrected chi connectivity index (χ2v) is 3.76. The van der Waals surface area contributed by atoms with E-state index in [1.54, 1.807) is 0 Å². The maximum Gasteiger partial charge on any atom is -0.0391 e. The Hall–Kier alpha value is 0. The first kappa shape index (κ1) is 10.0. The summed E-state index contributed by atoms with van der Waals surface area (Å²) < 4.78 is 0. The van der Waals surface area contributed by atoms with Gasteiger partial charge < -0.3 is 0 Å². The summed E-state index contributed by atoms with van der Waals surface area (Å²) in [6, 6.07) is 0. The van der Waals surface area contributed by atoms with Gasteiger partial charge in [0.15, 0.2) is 0 Å². The minimum absolute atomic E-state index is 1.000. The molecule has 0 aliphatic heterocycles. The van der Waals surface area contributed by atoms with E-state index >= 15 is 0 Å². The lowest BCUT2D eigenvalue weighted by atomic mass is 9.68. The van der Waals surface area contributed by atoms with Crippen molar-refractivity contribution < 1.29 is 0 Å². The van der Waals surface area contributed by atoms with E-state index < -0.39 is 0 Å². The van der Waals surface area contributed by atoms with E-state index in [9.17, 15) is 0 Å². The van der Waals surface area contributed by atoms with Crippen molar-refractivity contribution in [3.8, 4) is 0 Å². The predicted molar refractivity (Wildman–Crippen MR) is 48.1 cm³/mol. The predicted octanol–water partition coefficient (Wildman–Crippen LogP) is 3.71. The lowest BCUT2D eigenvalue weighted by Gasteiger charge is -2.38. The van der Waals surface area contributed by atoms with Crippen molar-refractivity contribution in [3.63, 3.8) is 0 Å². The van der Waals surface area contributed by atoms with Gasteiger partial charge in [0.25, 0.3) is 0 Å². The molecule has 2 atom stereocenters. The molecular formula is C10H22. The second-order valence-electron chi connectivity index (χ2n) is 3.76. The smallest absolute Gasteiger partial charge is 0.0391 e. The molecule has 0 amide bonds. The average molecular weight is 142 g/mol. The molecule has 0 aromatic rings. The summed E-state index contributed by atoms with van der Waals surface area (Å²) in [5, 5.41) is 0. The van der Waals surface area contributed by atoms with Gasteiger partial charge in [0, 0.05) is 0 Å². The summed E-state index contributed by atoms with van der Waals surface area (Å²) in [4.78, 5) is 0. The Morgan fingerprint density at radius 1 is 1.00 bits per heavy atom. The van der Waals surface area contributed by atoms with Crippen LogP contribution in [0.3, 0.4) is 0 Å². The molecule has 0 heteroatoms. The molecule has 1 saturated carbocycles. The number of hydrogen-bond donors (Lipinski definition) is 0. The molecule has 1 aliphatic rings. The monoisotopic (exact) mass is 142 g/mol. The minimum atomic E-state index is 1.000. The molecule has 0 radical (unpaired) electrons. The van der Waals surface area contributed by atoms with Gasteiger partial charge in [-0.05, 0) is 24.2 Å². The Bertz CT molecular complexity index is 68.1. The van der Waals surface area contributed by atoms with Crippen LogP contribution in [0.4, 0.5) is 0 Å². The van der Waals surface area contributed by atoms with Crippen LogP contribution in [0.1, 0.15) is 47.5 Å². The highest BCUT2D eigenvalue weighted by atomic mass is 14.3. The topological polar surface area (TPSA) is 0 Å². The largest absolute Gasteiger partial charge is 0.0656 e. The maximum atomic E-state index is 2.35. The first-order valence-electron chi connectivity index (χ1n) is 4.63. The Morgan fingerprint density at radius 3 is 1.30 bits per heavy atom. The van der Waals surface area contributed by atoms with Gasteiger partial charge in [0.1, 0.15) is 0 Å². The molecule has 0 bridgehead atoms. The van der Waals surface area contributed by atoms with Crippen LogP contribution < -0.4 is 0 Å². The van der Waals surface area contributed by atoms with Gasteiger partial charge in [-0.2, -0.15) is 0 Å². The first-order valence-corrected chi connectivity index (χ1v) is 4.63. The zero-order valence-corrected chi connectivity index (χ0v) is 8.15.